The second-order valence-corrected chi connectivity index (χ2v) is 7.99. The highest BCUT2D eigenvalue weighted by atomic mass is 35.5. The van der Waals surface area contributed by atoms with Crippen LogP contribution in [0.5, 0.6) is 0 Å². The first-order valence-electron chi connectivity index (χ1n) is 9.06. The molecule has 2 heterocycles. The van der Waals surface area contributed by atoms with Crippen molar-refractivity contribution in [2.45, 2.75) is 6.54 Å². The molecule has 0 radical (unpaired) electrons. The fourth-order valence-corrected chi connectivity index (χ4v) is 4.19. The van der Waals surface area contributed by atoms with Gasteiger partial charge in [-0.25, -0.2) is 9.37 Å². The standard InChI is InChI=1S/C21H19ClFN3OS/c22-16-7-5-15(6-8-16)20-24-17(14-28-20)13-25-9-11-26(12-10-25)21(27)18-3-1-2-4-19(18)23/h1-8,14H,9-13H2. The van der Waals surface area contributed by atoms with Gasteiger partial charge in [-0.3, -0.25) is 9.69 Å². The minimum atomic E-state index is -0.466. The van der Waals surface area contributed by atoms with Gasteiger partial charge in [0.2, 0.25) is 0 Å². The summed E-state index contributed by atoms with van der Waals surface area (Å²) < 4.78 is 13.9. The van der Waals surface area contributed by atoms with Crippen molar-refractivity contribution in [3.8, 4) is 10.6 Å². The summed E-state index contributed by atoms with van der Waals surface area (Å²) in [5.41, 5.74) is 2.22. The molecule has 1 aliphatic rings. The van der Waals surface area contributed by atoms with Crippen molar-refractivity contribution >= 4 is 28.8 Å². The molecule has 0 atom stereocenters. The van der Waals surface area contributed by atoms with E-state index in [-0.39, 0.29) is 11.5 Å². The highest BCUT2D eigenvalue weighted by Crippen LogP contribution is 2.26. The Morgan fingerprint density at radius 3 is 2.50 bits per heavy atom. The normalized spacial score (nSPS) is 15.0. The maximum atomic E-state index is 13.9. The summed E-state index contributed by atoms with van der Waals surface area (Å²) in [6, 6.07) is 13.8. The maximum Gasteiger partial charge on any atom is 0.256 e. The average Bonchev–Trinajstić information content (AvgIpc) is 3.17. The van der Waals surface area contributed by atoms with Crippen LogP contribution in [-0.4, -0.2) is 46.9 Å². The molecule has 0 N–H and O–H groups in total. The molecule has 144 valence electrons. The second-order valence-electron chi connectivity index (χ2n) is 6.70. The first-order chi connectivity index (χ1) is 13.6. The first-order valence-corrected chi connectivity index (χ1v) is 10.3. The van der Waals surface area contributed by atoms with Gasteiger partial charge >= 0.3 is 0 Å². The van der Waals surface area contributed by atoms with Crippen molar-refractivity contribution < 1.29 is 9.18 Å². The minimum absolute atomic E-state index is 0.142. The summed E-state index contributed by atoms with van der Waals surface area (Å²) in [7, 11) is 0. The van der Waals surface area contributed by atoms with Gasteiger partial charge in [0.05, 0.1) is 11.3 Å². The smallest absolute Gasteiger partial charge is 0.256 e. The third kappa shape index (κ3) is 4.24. The van der Waals surface area contributed by atoms with Crippen molar-refractivity contribution in [1.82, 2.24) is 14.8 Å². The molecule has 1 saturated heterocycles. The molecule has 1 aromatic heterocycles. The molecule has 0 saturated carbocycles. The monoisotopic (exact) mass is 415 g/mol. The lowest BCUT2D eigenvalue weighted by Crippen LogP contribution is -2.48. The van der Waals surface area contributed by atoms with E-state index in [2.05, 4.69) is 10.3 Å². The molecule has 0 unspecified atom stereocenters. The number of aromatic nitrogens is 1. The van der Waals surface area contributed by atoms with Crippen molar-refractivity contribution in [2.24, 2.45) is 0 Å². The van der Waals surface area contributed by atoms with Crippen LogP contribution in [0.4, 0.5) is 4.39 Å². The Bertz CT molecular complexity index is 968. The number of carbonyl (C=O) groups excluding carboxylic acids is 1. The first kappa shape index (κ1) is 19.1. The van der Waals surface area contributed by atoms with Gasteiger partial charge in [-0.1, -0.05) is 35.9 Å². The average molecular weight is 416 g/mol. The van der Waals surface area contributed by atoms with Crippen molar-refractivity contribution in [2.75, 3.05) is 26.2 Å². The fraction of sp³-hybridized carbons (Fsp3) is 0.238. The molecule has 1 aliphatic heterocycles. The zero-order chi connectivity index (χ0) is 19.5. The second kappa shape index (κ2) is 8.39. The number of thiazole rings is 1. The third-order valence-electron chi connectivity index (χ3n) is 4.79. The molecule has 4 rings (SSSR count). The number of benzene rings is 2. The Hall–Kier alpha value is -2.28. The highest BCUT2D eigenvalue weighted by Gasteiger charge is 2.24. The van der Waals surface area contributed by atoms with Crippen LogP contribution in [0.2, 0.25) is 5.02 Å². The van der Waals surface area contributed by atoms with Gasteiger partial charge in [0.1, 0.15) is 10.8 Å². The maximum absolute atomic E-state index is 13.9. The number of halogens is 2. The van der Waals surface area contributed by atoms with Gasteiger partial charge in [-0.2, -0.15) is 0 Å². The fourth-order valence-electron chi connectivity index (χ4n) is 3.25. The number of rotatable bonds is 4. The molecule has 1 amide bonds. The van der Waals surface area contributed by atoms with Crippen LogP contribution in [-0.2, 0) is 6.54 Å². The van der Waals surface area contributed by atoms with E-state index in [9.17, 15) is 9.18 Å². The molecule has 7 heteroatoms. The topological polar surface area (TPSA) is 36.4 Å². The van der Waals surface area contributed by atoms with E-state index in [1.165, 1.54) is 12.1 Å². The predicted octanol–water partition coefficient (Wildman–Crippen LogP) is 4.56. The molecular weight excluding hydrogens is 397 g/mol. The molecule has 1 fully saturated rings. The van der Waals surface area contributed by atoms with Crippen molar-refractivity contribution in [1.29, 1.82) is 0 Å². The van der Waals surface area contributed by atoms with Gasteiger partial charge in [-0.15, -0.1) is 11.3 Å². The van der Waals surface area contributed by atoms with Gasteiger partial charge in [-0.05, 0) is 24.3 Å². The van der Waals surface area contributed by atoms with Gasteiger partial charge < -0.3 is 4.90 Å². The highest BCUT2D eigenvalue weighted by molar-refractivity contribution is 7.13. The number of amides is 1. The summed E-state index contributed by atoms with van der Waals surface area (Å²) in [4.78, 5) is 21.2. The van der Waals surface area contributed by atoms with E-state index in [0.29, 0.717) is 18.1 Å². The van der Waals surface area contributed by atoms with E-state index < -0.39 is 5.82 Å². The number of nitrogens with zero attached hydrogens (tertiary/aromatic N) is 3. The lowest BCUT2D eigenvalue weighted by Gasteiger charge is -2.34. The van der Waals surface area contributed by atoms with Crippen LogP contribution in [0, 0.1) is 5.82 Å². The number of piperazine rings is 1. The summed E-state index contributed by atoms with van der Waals surface area (Å²) in [5, 5.41) is 3.75. The molecule has 2 aromatic carbocycles. The summed E-state index contributed by atoms with van der Waals surface area (Å²) in [5.74, 6) is -0.705. The van der Waals surface area contributed by atoms with Crippen LogP contribution in [0.15, 0.2) is 53.9 Å². The number of hydrogen-bond acceptors (Lipinski definition) is 4. The quantitative estimate of drug-likeness (QED) is 0.626. The van der Waals surface area contributed by atoms with Crippen LogP contribution < -0.4 is 0 Å². The summed E-state index contributed by atoms with van der Waals surface area (Å²) >= 11 is 7.56. The van der Waals surface area contributed by atoms with Gasteiger partial charge in [0, 0.05) is 48.7 Å². The van der Waals surface area contributed by atoms with E-state index >= 15 is 0 Å². The van der Waals surface area contributed by atoms with Crippen LogP contribution in [0.1, 0.15) is 16.1 Å². The van der Waals surface area contributed by atoms with Crippen molar-refractivity contribution in [3.05, 3.63) is 76.0 Å². The molecule has 0 bridgehead atoms. The molecule has 0 spiro atoms. The van der Waals surface area contributed by atoms with E-state index in [1.54, 1.807) is 28.4 Å². The molecular formula is C21H19ClFN3OS. The van der Waals surface area contributed by atoms with Crippen LogP contribution in [0.25, 0.3) is 10.6 Å². The van der Waals surface area contributed by atoms with Crippen LogP contribution in [0.3, 0.4) is 0 Å². The Morgan fingerprint density at radius 2 is 1.79 bits per heavy atom. The molecule has 4 nitrogen and oxygen atoms in total. The molecule has 3 aromatic rings. The Morgan fingerprint density at radius 1 is 1.07 bits per heavy atom. The van der Waals surface area contributed by atoms with Crippen LogP contribution >= 0.6 is 22.9 Å². The number of carbonyl (C=O) groups is 1. The Balaban J connectivity index is 1.34. The largest absolute Gasteiger partial charge is 0.336 e. The van der Waals surface area contributed by atoms with Gasteiger partial charge in [0.25, 0.3) is 5.91 Å². The lowest BCUT2D eigenvalue weighted by molar-refractivity contribution is 0.0623. The van der Waals surface area contributed by atoms with E-state index in [4.69, 9.17) is 16.6 Å². The predicted molar refractivity (Wildman–Crippen MR) is 110 cm³/mol. The van der Waals surface area contributed by atoms with E-state index in [1.807, 2.05) is 24.3 Å². The number of hydrogen-bond donors (Lipinski definition) is 0. The molecule has 28 heavy (non-hydrogen) atoms. The third-order valence-corrected chi connectivity index (χ3v) is 5.98. The summed E-state index contributed by atoms with van der Waals surface area (Å²) in [6.45, 7) is 3.40. The zero-order valence-electron chi connectivity index (χ0n) is 15.1. The van der Waals surface area contributed by atoms with E-state index in [0.717, 1.165) is 35.9 Å². The molecule has 0 aliphatic carbocycles. The lowest BCUT2D eigenvalue weighted by atomic mass is 10.1. The minimum Gasteiger partial charge on any atom is -0.336 e. The Kier molecular flexibility index (Phi) is 5.71. The SMILES string of the molecule is O=C(c1ccccc1F)N1CCN(Cc2csc(-c3ccc(Cl)cc3)n2)CC1. The zero-order valence-corrected chi connectivity index (χ0v) is 16.7. The summed E-state index contributed by atoms with van der Waals surface area (Å²) in [6.07, 6.45) is 0. The Labute approximate surface area is 172 Å². The van der Waals surface area contributed by atoms with Crippen molar-refractivity contribution in [3.63, 3.8) is 0 Å². The van der Waals surface area contributed by atoms with Gasteiger partial charge in [0.15, 0.2) is 0 Å².